The molecule has 0 fully saturated rings. The van der Waals surface area contributed by atoms with Crippen molar-refractivity contribution in [3.05, 3.63) is 28.2 Å². The first-order chi connectivity index (χ1) is 7.98. The average Bonchev–Trinajstić information content (AvgIpc) is 2.29. The van der Waals surface area contributed by atoms with Crippen LogP contribution in [-0.2, 0) is 11.3 Å². The van der Waals surface area contributed by atoms with Gasteiger partial charge in [-0.2, -0.15) is 0 Å². The van der Waals surface area contributed by atoms with Crippen molar-refractivity contribution in [3.63, 3.8) is 0 Å². The third kappa shape index (κ3) is 4.66. The highest BCUT2D eigenvalue weighted by Gasteiger charge is 2.15. The SMILES string of the molecule is COC(C)(C)CCOc1ccc(CN)c(Br)c1. The van der Waals surface area contributed by atoms with E-state index >= 15 is 0 Å². The molecular weight excluding hydrogens is 282 g/mol. The lowest BCUT2D eigenvalue weighted by Crippen LogP contribution is -2.25. The van der Waals surface area contributed by atoms with Crippen molar-refractivity contribution in [2.45, 2.75) is 32.4 Å². The summed E-state index contributed by atoms with van der Waals surface area (Å²) in [6, 6.07) is 5.86. The number of hydrogen-bond acceptors (Lipinski definition) is 3. The van der Waals surface area contributed by atoms with Crippen molar-refractivity contribution in [1.29, 1.82) is 0 Å². The predicted molar refractivity (Wildman–Crippen MR) is 73.2 cm³/mol. The number of benzene rings is 1. The van der Waals surface area contributed by atoms with Gasteiger partial charge in [0.05, 0.1) is 12.2 Å². The quantitative estimate of drug-likeness (QED) is 0.878. The zero-order valence-corrected chi connectivity index (χ0v) is 12.2. The van der Waals surface area contributed by atoms with E-state index in [-0.39, 0.29) is 5.60 Å². The van der Waals surface area contributed by atoms with Crippen LogP contribution in [0.3, 0.4) is 0 Å². The molecule has 0 aliphatic rings. The van der Waals surface area contributed by atoms with E-state index in [1.165, 1.54) is 0 Å². The molecule has 0 bridgehead atoms. The van der Waals surface area contributed by atoms with Crippen LogP contribution >= 0.6 is 15.9 Å². The number of rotatable bonds is 6. The Morgan fingerprint density at radius 1 is 1.35 bits per heavy atom. The van der Waals surface area contributed by atoms with Crippen molar-refractivity contribution in [3.8, 4) is 5.75 Å². The summed E-state index contributed by atoms with van der Waals surface area (Å²) in [4.78, 5) is 0. The summed E-state index contributed by atoms with van der Waals surface area (Å²) in [6.07, 6.45) is 0.847. The van der Waals surface area contributed by atoms with Crippen molar-refractivity contribution < 1.29 is 9.47 Å². The fourth-order valence-corrected chi connectivity index (χ4v) is 1.82. The van der Waals surface area contributed by atoms with Crippen LogP contribution in [-0.4, -0.2) is 19.3 Å². The molecule has 17 heavy (non-hydrogen) atoms. The fraction of sp³-hybridized carbons (Fsp3) is 0.538. The van der Waals surface area contributed by atoms with E-state index < -0.39 is 0 Å². The van der Waals surface area contributed by atoms with Gasteiger partial charge in [-0.25, -0.2) is 0 Å². The summed E-state index contributed by atoms with van der Waals surface area (Å²) in [6.45, 7) is 5.25. The summed E-state index contributed by atoms with van der Waals surface area (Å²) in [7, 11) is 1.71. The molecule has 0 spiro atoms. The van der Waals surface area contributed by atoms with Crippen molar-refractivity contribution in [2.24, 2.45) is 5.73 Å². The Bertz CT molecular complexity index is 366. The molecule has 2 N–H and O–H groups in total. The summed E-state index contributed by atoms with van der Waals surface area (Å²) >= 11 is 3.47. The first-order valence-corrected chi connectivity index (χ1v) is 6.44. The van der Waals surface area contributed by atoms with Gasteiger partial charge < -0.3 is 15.2 Å². The molecule has 0 unspecified atom stereocenters. The minimum Gasteiger partial charge on any atom is -0.493 e. The number of halogens is 1. The summed E-state index contributed by atoms with van der Waals surface area (Å²) in [5.41, 5.74) is 6.52. The summed E-state index contributed by atoms with van der Waals surface area (Å²) in [5.74, 6) is 0.848. The molecular formula is C13H20BrNO2. The van der Waals surface area contributed by atoms with Gasteiger partial charge in [0, 0.05) is 24.5 Å². The second kappa shape index (κ2) is 6.38. The molecule has 3 nitrogen and oxygen atoms in total. The van der Waals surface area contributed by atoms with E-state index in [4.69, 9.17) is 15.2 Å². The first kappa shape index (κ1) is 14.5. The van der Waals surface area contributed by atoms with Crippen molar-refractivity contribution in [2.75, 3.05) is 13.7 Å². The molecule has 4 heteroatoms. The van der Waals surface area contributed by atoms with Gasteiger partial charge in [-0.15, -0.1) is 0 Å². The molecule has 0 aliphatic heterocycles. The van der Waals surface area contributed by atoms with E-state index in [2.05, 4.69) is 15.9 Å². The molecule has 0 radical (unpaired) electrons. The third-order valence-electron chi connectivity index (χ3n) is 2.77. The highest BCUT2D eigenvalue weighted by molar-refractivity contribution is 9.10. The van der Waals surface area contributed by atoms with Gasteiger partial charge in [-0.05, 0) is 31.5 Å². The van der Waals surface area contributed by atoms with E-state index in [1.807, 2.05) is 32.0 Å². The van der Waals surface area contributed by atoms with Crippen molar-refractivity contribution >= 4 is 15.9 Å². The molecule has 96 valence electrons. The van der Waals surface area contributed by atoms with Gasteiger partial charge >= 0.3 is 0 Å². The highest BCUT2D eigenvalue weighted by atomic mass is 79.9. The molecule has 0 aromatic heterocycles. The highest BCUT2D eigenvalue weighted by Crippen LogP contribution is 2.23. The second-order valence-corrected chi connectivity index (χ2v) is 5.37. The Morgan fingerprint density at radius 2 is 2.06 bits per heavy atom. The third-order valence-corrected chi connectivity index (χ3v) is 3.51. The second-order valence-electron chi connectivity index (χ2n) is 4.52. The van der Waals surface area contributed by atoms with Crippen LogP contribution in [0.15, 0.2) is 22.7 Å². The van der Waals surface area contributed by atoms with Gasteiger partial charge in [-0.3, -0.25) is 0 Å². The van der Waals surface area contributed by atoms with E-state index in [0.717, 1.165) is 22.2 Å². The summed E-state index contributed by atoms with van der Waals surface area (Å²) in [5, 5.41) is 0. The van der Waals surface area contributed by atoms with Gasteiger partial charge in [0.25, 0.3) is 0 Å². The largest absolute Gasteiger partial charge is 0.493 e. The number of hydrogen-bond donors (Lipinski definition) is 1. The van der Waals surface area contributed by atoms with Crippen LogP contribution in [0.5, 0.6) is 5.75 Å². The predicted octanol–water partition coefficient (Wildman–Crippen LogP) is 3.10. The van der Waals surface area contributed by atoms with Gasteiger partial charge in [0.1, 0.15) is 5.75 Å². The maximum absolute atomic E-state index is 5.67. The lowest BCUT2D eigenvalue weighted by atomic mass is 10.1. The summed E-state index contributed by atoms with van der Waals surface area (Å²) < 4.78 is 12.0. The molecule has 0 aliphatic carbocycles. The van der Waals surface area contributed by atoms with E-state index in [1.54, 1.807) is 7.11 Å². The van der Waals surface area contributed by atoms with Gasteiger partial charge in [0.15, 0.2) is 0 Å². The molecule has 0 saturated carbocycles. The molecule has 0 saturated heterocycles. The topological polar surface area (TPSA) is 44.5 Å². The molecule has 1 aromatic rings. The molecule has 1 rings (SSSR count). The standard InChI is InChI=1S/C13H20BrNO2/c1-13(2,16-3)6-7-17-11-5-4-10(9-15)12(14)8-11/h4-5,8H,6-7,9,15H2,1-3H3. The minimum absolute atomic E-state index is 0.144. The molecule has 0 heterocycles. The van der Waals surface area contributed by atoms with Crippen LogP contribution in [0, 0.1) is 0 Å². The first-order valence-electron chi connectivity index (χ1n) is 5.65. The fourth-order valence-electron chi connectivity index (χ4n) is 1.30. The average molecular weight is 302 g/mol. The Balaban J connectivity index is 2.50. The molecule has 0 amide bonds. The van der Waals surface area contributed by atoms with Gasteiger partial charge in [0.2, 0.25) is 0 Å². The van der Waals surface area contributed by atoms with Crippen LogP contribution in [0.4, 0.5) is 0 Å². The van der Waals surface area contributed by atoms with Crippen molar-refractivity contribution in [1.82, 2.24) is 0 Å². The zero-order chi connectivity index (χ0) is 12.9. The number of methoxy groups -OCH3 is 1. The van der Waals surface area contributed by atoms with Crippen LogP contribution < -0.4 is 10.5 Å². The van der Waals surface area contributed by atoms with Crippen LogP contribution in [0.25, 0.3) is 0 Å². The number of ether oxygens (including phenoxy) is 2. The van der Waals surface area contributed by atoms with Crippen LogP contribution in [0.1, 0.15) is 25.8 Å². The Labute approximate surface area is 111 Å². The molecule has 1 aromatic carbocycles. The van der Waals surface area contributed by atoms with E-state index in [9.17, 15) is 0 Å². The monoisotopic (exact) mass is 301 g/mol. The smallest absolute Gasteiger partial charge is 0.120 e. The van der Waals surface area contributed by atoms with Gasteiger partial charge in [-0.1, -0.05) is 22.0 Å². The Hall–Kier alpha value is -0.580. The zero-order valence-electron chi connectivity index (χ0n) is 10.6. The Morgan fingerprint density at radius 3 is 2.59 bits per heavy atom. The Kier molecular flexibility index (Phi) is 5.43. The van der Waals surface area contributed by atoms with Crippen LogP contribution in [0.2, 0.25) is 0 Å². The normalized spacial score (nSPS) is 11.6. The lowest BCUT2D eigenvalue weighted by Gasteiger charge is -2.22. The molecule has 0 atom stereocenters. The maximum atomic E-state index is 5.67. The van der Waals surface area contributed by atoms with E-state index in [0.29, 0.717) is 13.2 Å². The number of nitrogens with two attached hydrogens (primary N) is 1. The lowest BCUT2D eigenvalue weighted by molar-refractivity contribution is 0.00545. The minimum atomic E-state index is -0.144. The maximum Gasteiger partial charge on any atom is 0.120 e.